The number of piperidine rings is 1. The zero-order valence-electron chi connectivity index (χ0n) is 9.84. The zero-order chi connectivity index (χ0) is 12.0. The lowest BCUT2D eigenvalue weighted by atomic mass is 10.0. The second-order valence-electron chi connectivity index (χ2n) is 5.01. The lowest BCUT2D eigenvalue weighted by Crippen LogP contribution is -2.47. The van der Waals surface area contributed by atoms with E-state index in [-0.39, 0.29) is 11.3 Å². The first-order valence-corrected chi connectivity index (χ1v) is 6.55. The van der Waals surface area contributed by atoms with Crippen LogP contribution in [0.4, 0.5) is 0 Å². The summed E-state index contributed by atoms with van der Waals surface area (Å²) in [6.07, 6.45) is 5.72. The standard InChI is InChI=1S/C12H16ClN3O/c1-15-11(4-5-14-15)12(17)16-9-2-3-10(16)7-8(13)6-9/h4-5,8-10H,2-3,6-7H2,1H3. The van der Waals surface area contributed by atoms with Crippen LogP contribution in [0.3, 0.4) is 0 Å². The maximum atomic E-state index is 12.5. The minimum absolute atomic E-state index is 0.112. The number of aromatic nitrogens is 2. The Labute approximate surface area is 106 Å². The first-order chi connectivity index (χ1) is 8.16. The van der Waals surface area contributed by atoms with E-state index in [9.17, 15) is 4.79 Å². The van der Waals surface area contributed by atoms with Gasteiger partial charge in [0.15, 0.2) is 0 Å². The quantitative estimate of drug-likeness (QED) is 0.716. The predicted molar refractivity (Wildman–Crippen MR) is 65.1 cm³/mol. The Morgan fingerprint density at radius 2 is 2.06 bits per heavy atom. The minimum Gasteiger partial charge on any atom is -0.331 e. The van der Waals surface area contributed by atoms with Gasteiger partial charge in [-0.15, -0.1) is 11.6 Å². The van der Waals surface area contributed by atoms with Crippen LogP contribution in [0.1, 0.15) is 36.2 Å². The number of fused-ring (bicyclic) bond motifs is 2. The fourth-order valence-electron chi connectivity index (χ4n) is 3.16. The van der Waals surface area contributed by atoms with Crippen molar-refractivity contribution in [2.75, 3.05) is 0 Å². The van der Waals surface area contributed by atoms with Crippen molar-refractivity contribution in [1.82, 2.24) is 14.7 Å². The van der Waals surface area contributed by atoms with Crippen molar-refractivity contribution in [3.8, 4) is 0 Å². The van der Waals surface area contributed by atoms with Crippen molar-refractivity contribution < 1.29 is 4.79 Å². The Morgan fingerprint density at radius 1 is 1.41 bits per heavy atom. The van der Waals surface area contributed by atoms with Crippen LogP contribution in [0, 0.1) is 0 Å². The molecule has 92 valence electrons. The summed E-state index contributed by atoms with van der Waals surface area (Å²) in [5.41, 5.74) is 0.676. The molecule has 1 amide bonds. The van der Waals surface area contributed by atoms with Crippen molar-refractivity contribution in [2.24, 2.45) is 7.05 Å². The zero-order valence-corrected chi connectivity index (χ0v) is 10.6. The van der Waals surface area contributed by atoms with Gasteiger partial charge in [-0.25, -0.2) is 0 Å². The highest BCUT2D eigenvalue weighted by Crippen LogP contribution is 2.38. The van der Waals surface area contributed by atoms with Gasteiger partial charge in [0.05, 0.1) is 0 Å². The van der Waals surface area contributed by atoms with Crippen LogP contribution in [-0.4, -0.2) is 38.0 Å². The number of carbonyl (C=O) groups is 1. The van der Waals surface area contributed by atoms with Gasteiger partial charge in [0.25, 0.3) is 5.91 Å². The fourth-order valence-corrected chi connectivity index (χ4v) is 3.57. The van der Waals surface area contributed by atoms with Crippen molar-refractivity contribution in [3.05, 3.63) is 18.0 Å². The lowest BCUT2D eigenvalue weighted by molar-refractivity contribution is 0.0588. The molecule has 2 unspecified atom stereocenters. The summed E-state index contributed by atoms with van der Waals surface area (Å²) >= 11 is 6.22. The topological polar surface area (TPSA) is 38.1 Å². The lowest BCUT2D eigenvalue weighted by Gasteiger charge is -2.36. The van der Waals surface area contributed by atoms with Crippen LogP contribution in [-0.2, 0) is 7.05 Å². The molecule has 0 aliphatic carbocycles. The number of rotatable bonds is 1. The van der Waals surface area contributed by atoms with Gasteiger partial charge < -0.3 is 4.90 Å². The summed E-state index contributed by atoms with van der Waals surface area (Å²) in [6.45, 7) is 0. The third-order valence-corrected chi connectivity index (χ3v) is 4.31. The van der Waals surface area contributed by atoms with Gasteiger partial charge in [0.2, 0.25) is 0 Å². The number of hydrogen-bond acceptors (Lipinski definition) is 2. The Balaban J connectivity index is 1.86. The van der Waals surface area contributed by atoms with E-state index in [1.807, 2.05) is 11.9 Å². The summed E-state index contributed by atoms with van der Waals surface area (Å²) in [5.74, 6) is 0.112. The van der Waals surface area contributed by atoms with Crippen LogP contribution >= 0.6 is 11.6 Å². The van der Waals surface area contributed by atoms with E-state index < -0.39 is 0 Å². The molecular formula is C12H16ClN3O. The normalized spacial score (nSPS) is 31.9. The average Bonchev–Trinajstić information content (AvgIpc) is 2.81. The molecule has 17 heavy (non-hydrogen) atoms. The van der Waals surface area contributed by atoms with Crippen molar-refractivity contribution >= 4 is 17.5 Å². The summed E-state index contributed by atoms with van der Waals surface area (Å²) in [6, 6.07) is 2.45. The molecule has 0 aromatic carbocycles. The van der Waals surface area contributed by atoms with Gasteiger partial charge in [-0.3, -0.25) is 9.48 Å². The van der Waals surface area contributed by atoms with Crippen LogP contribution < -0.4 is 0 Å². The highest BCUT2D eigenvalue weighted by Gasteiger charge is 2.43. The molecule has 2 aliphatic heterocycles. The van der Waals surface area contributed by atoms with E-state index in [2.05, 4.69) is 5.10 Å². The molecule has 2 saturated heterocycles. The first-order valence-electron chi connectivity index (χ1n) is 6.11. The smallest absolute Gasteiger partial charge is 0.272 e. The molecule has 5 heteroatoms. The number of carbonyl (C=O) groups excluding carboxylic acids is 1. The minimum atomic E-state index is 0.112. The molecule has 4 nitrogen and oxygen atoms in total. The second kappa shape index (κ2) is 4.02. The number of nitrogens with zero attached hydrogens (tertiary/aromatic N) is 3. The van der Waals surface area contributed by atoms with Gasteiger partial charge in [0, 0.05) is 30.7 Å². The number of aryl methyl sites for hydroxylation is 1. The van der Waals surface area contributed by atoms with Crippen molar-refractivity contribution in [2.45, 2.75) is 43.1 Å². The third kappa shape index (κ3) is 1.75. The molecule has 3 heterocycles. The molecule has 1 aromatic heterocycles. The maximum absolute atomic E-state index is 12.5. The Morgan fingerprint density at radius 3 is 2.59 bits per heavy atom. The van der Waals surface area contributed by atoms with E-state index in [1.54, 1.807) is 16.9 Å². The molecule has 3 rings (SSSR count). The number of alkyl halides is 1. The number of amides is 1. The summed E-state index contributed by atoms with van der Waals surface area (Å²) in [4.78, 5) is 14.5. The molecule has 2 atom stereocenters. The molecule has 0 saturated carbocycles. The molecule has 1 aromatic rings. The largest absolute Gasteiger partial charge is 0.331 e. The fraction of sp³-hybridized carbons (Fsp3) is 0.667. The van der Waals surface area contributed by atoms with Crippen LogP contribution in [0.2, 0.25) is 0 Å². The predicted octanol–water partition coefficient (Wildman–Crippen LogP) is 1.79. The van der Waals surface area contributed by atoms with Gasteiger partial charge >= 0.3 is 0 Å². The molecule has 2 aliphatic rings. The van der Waals surface area contributed by atoms with E-state index in [1.165, 1.54) is 0 Å². The van der Waals surface area contributed by atoms with Crippen LogP contribution in [0.25, 0.3) is 0 Å². The summed E-state index contributed by atoms with van der Waals surface area (Å²) in [7, 11) is 1.81. The van der Waals surface area contributed by atoms with E-state index in [0.29, 0.717) is 17.8 Å². The van der Waals surface area contributed by atoms with Crippen molar-refractivity contribution in [1.29, 1.82) is 0 Å². The average molecular weight is 254 g/mol. The van der Waals surface area contributed by atoms with E-state index >= 15 is 0 Å². The van der Waals surface area contributed by atoms with E-state index in [4.69, 9.17) is 11.6 Å². The van der Waals surface area contributed by atoms with Gasteiger partial charge in [-0.05, 0) is 31.7 Å². The van der Waals surface area contributed by atoms with Crippen molar-refractivity contribution in [3.63, 3.8) is 0 Å². The number of halogens is 1. The van der Waals surface area contributed by atoms with Gasteiger partial charge in [-0.2, -0.15) is 5.10 Å². The number of hydrogen-bond donors (Lipinski definition) is 0. The van der Waals surface area contributed by atoms with Crippen LogP contribution in [0.5, 0.6) is 0 Å². The Kier molecular flexibility index (Phi) is 2.62. The molecule has 2 bridgehead atoms. The third-order valence-electron chi connectivity index (χ3n) is 3.95. The van der Waals surface area contributed by atoms with Crippen LogP contribution in [0.15, 0.2) is 12.3 Å². The second-order valence-corrected chi connectivity index (χ2v) is 5.62. The monoisotopic (exact) mass is 253 g/mol. The Bertz CT molecular complexity index is 431. The highest BCUT2D eigenvalue weighted by atomic mass is 35.5. The molecule has 0 spiro atoms. The molecule has 0 N–H and O–H groups in total. The molecular weight excluding hydrogens is 238 g/mol. The summed E-state index contributed by atoms with van der Waals surface area (Å²) in [5, 5.41) is 4.30. The Hall–Kier alpha value is -1.03. The van der Waals surface area contributed by atoms with Gasteiger partial charge in [-0.1, -0.05) is 0 Å². The maximum Gasteiger partial charge on any atom is 0.272 e. The molecule has 2 fully saturated rings. The SMILES string of the molecule is Cn1nccc1C(=O)N1C2CCC1CC(Cl)C2. The van der Waals surface area contributed by atoms with E-state index in [0.717, 1.165) is 25.7 Å². The van der Waals surface area contributed by atoms with Gasteiger partial charge in [0.1, 0.15) is 5.69 Å². The highest BCUT2D eigenvalue weighted by molar-refractivity contribution is 6.20. The molecule has 0 radical (unpaired) electrons. The first kappa shape index (κ1) is 11.1. The summed E-state index contributed by atoms with van der Waals surface area (Å²) < 4.78 is 1.65.